The zero-order chi connectivity index (χ0) is 16.4. The maximum atomic E-state index is 13.0. The minimum atomic E-state index is -1.06. The lowest BCUT2D eigenvalue weighted by Gasteiger charge is -2.24. The van der Waals surface area contributed by atoms with E-state index in [-0.39, 0.29) is 11.5 Å². The number of ether oxygens (including phenoxy) is 1. The van der Waals surface area contributed by atoms with E-state index in [9.17, 15) is 14.3 Å². The number of anilines is 1. The lowest BCUT2D eigenvalue weighted by Crippen LogP contribution is -2.31. The summed E-state index contributed by atoms with van der Waals surface area (Å²) in [7, 11) is 1.31. The number of rotatable bonds is 3. The van der Waals surface area contributed by atoms with Crippen molar-refractivity contribution in [1.82, 2.24) is 4.98 Å². The van der Waals surface area contributed by atoms with Crippen molar-refractivity contribution >= 4 is 11.8 Å². The van der Waals surface area contributed by atoms with Crippen LogP contribution in [0.5, 0.6) is 0 Å². The van der Waals surface area contributed by atoms with Crippen molar-refractivity contribution < 1.29 is 19.0 Å². The fourth-order valence-corrected chi connectivity index (χ4v) is 2.80. The fraction of sp³-hybridized carbons (Fsp3) is 0.294. The van der Waals surface area contributed by atoms with E-state index >= 15 is 0 Å². The number of esters is 1. The highest BCUT2D eigenvalue weighted by molar-refractivity contribution is 5.87. The quantitative estimate of drug-likeness (QED) is 0.879. The van der Waals surface area contributed by atoms with Gasteiger partial charge in [0.2, 0.25) is 0 Å². The summed E-state index contributed by atoms with van der Waals surface area (Å²) in [6, 6.07) is 11.0. The topological polar surface area (TPSA) is 62.7 Å². The third-order valence-corrected chi connectivity index (χ3v) is 4.08. The highest BCUT2D eigenvalue weighted by Crippen LogP contribution is 2.34. The van der Waals surface area contributed by atoms with Crippen LogP contribution in [0.2, 0.25) is 0 Å². The lowest BCUT2D eigenvalue weighted by molar-refractivity contribution is 0.0594. The summed E-state index contributed by atoms with van der Waals surface area (Å²) in [5.74, 6) is -0.231. The molecule has 0 aliphatic carbocycles. The molecule has 120 valence electrons. The predicted octanol–water partition coefficient (Wildman–Crippen LogP) is 2.11. The first-order valence-electron chi connectivity index (χ1n) is 7.30. The molecule has 2 heterocycles. The molecule has 0 amide bonds. The Morgan fingerprint density at radius 2 is 2.04 bits per heavy atom. The molecule has 1 N–H and O–H groups in total. The molecular weight excluding hydrogens is 299 g/mol. The first-order valence-corrected chi connectivity index (χ1v) is 7.30. The van der Waals surface area contributed by atoms with Gasteiger partial charge in [-0.25, -0.2) is 14.2 Å². The van der Waals surface area contributed by atoms with Gasteiger partial charge in [-0.15, -0.1) is 0 Å². The minimum absolute atomic E-state index is 0.224. The Hall–Kier alpha value is -2.47. The van der Waals surface area contributed by atoms with Crippen LogP contribution in [0, 0.1) is 5.82 Å². The maximum absolute atomic E-state index is 13.0. The Kier molecular flexibility index (Phi) is 4.00. The number of pyridine rings is 1. The van der Waals surface area contributed by atoms with Crippen LogP contribution < -0.4 is 4.90 Å². The number of hydrogen-bond donors (Lipinski definition) is 1. The molecule has 1 aromatic carbocycles. The number of benzene rings is 1. The number of carbonyl (C=O) groups is 1. The molecule has 1 atom stereocenters. The molecule has 6 heteroatoms. The van der Waals surface area contributed by atoms with E-state index in [1.807, 2.05) is 4.90 Å². The average molecular weight is 316 g/mol. The van der Waals surface area contributed by atoms with Crippen LogP contribution >= 0.6 is 0 Å². The molecule has 1 fully saturated rings. The zero-order valence-corrected chi connectivity index (χ0v) is 12.7. The Morgan fingerprint density at radius 1 is 1.30 bits per heavy atom. The van der Waals surface area contributed by atoms with E-state index in [4.69, 9.17) is 0 Å². The SMILES string of the molecule is COC(=O)c1cccc(N2CCC(O)(c3ccc(F)cc3)C2)n1. The molecule has 2 aromatic rings. The van der Waals surface area contributed by atoms with Crippen molar-refractivity contribution in [3.8, 4) is 0 Å². The predicted molar refractivity (Wildman–Crippen MR) is 82.7 cm³/mol. The molecule has 3 rings (SSSR count). The molecule has 0 spiro atoms. The third-order valence-electron chi connectivity index (χ3n) is 4.08. The molecule has 1 saturated heterocycles. The summed E-state index contributed by atoms with van der Waals surface area (Å²) in [6.45, 7) is 0.918. The molecule has 1 unspecified atom stereocenters. The van der Waals surface area contributed by atoms with E-state index in [1.54, 1.807) is 30.3 Å². The largest absolute Gasteiger partial charge is 0.464 e. The van der Waals surface area contributed by atoms with Gasteiger partial charge in [0.1, 0.15) is 17.2 Å². The van der Waals surface area contributed by atoms with Crippen LogP contribution in [-0.2, 0) is 10.3 Å². The second-order valence-corrected chi connectivity index (χ2v) is 5.58. The summed E-state index contributed by atoms with van der Waals surface area (Å²) >= 11 is 0. The van der Waals surface area contributed by atoms with Crippen molar-refractivity contribution in [2.75, 3.05) is 25.1 Å². The third kappa shape index (κ3) is 3.03. The highest BCUT2D eigenvalue weighted by Gasteiger charge is 2.38. The van der Waals surface area contributed by atoms with Gasteiger partial charge in [0, 0.05) is 6.54 Å². The number of halogens is 1. The molecule has 0 bridgehead atoms. The maximum Gasteiger partial charge on any atom is 0.356 e. The number of β-amino-alcohol motifs (C(OH)–C–C–N with tert-alkyl or cyclic N) is 1. The van der Waals surface area contributed by atoms with Gasteiger partial charge >= 0.3 is 5.97 Å². The van der Waals surface area contributed by atoms with Gasteiger partial charge in [0.05, 0.1) is 13.7 Å². The Labute approximate surface area is 133 Å². The van der Waals surface area contributed by atoms with E-state index in [0.717, 1.165) is 0 Å². The van der Waals surface area contributed by atoms with Gasteiger partial charge in [-0.3, -0.25) is 0 Å². The second-order valence-electron chi connectivity index (χ2n) is 5.58. The summed E-state index contributed by atoms with van der Waals surface area (Å²) < 4.78 is 17.7. The number of hydrogen-bond acceptors (Lipinski definition) is 5. The van der Waals surface area contributed by atoms with E-state index in [0.29, 0.717) is 30.9 Å². The standard InChI is InChI=1S/C17H17FN2O3/c1-23-16(21)14-3-2-4-15(19-14)20-10-9-17(22,11-20)12-5-7-13(18)8-6-12/h2-8,22H,9-11H2,1H3. The Morgan fingerprint density at radius 3 is 2.74 bits per heavy atom. The van der Waals surface area contributed by atoms with E-state index < -0.39 is 11.6 Å². The average Bonchev–Trinajstić information content (AvgIpc) is 2.98. The number of carbonyl (C=O) groups excluding carboxylic acids is 1. The summed E-state index contributed by atoms with van der Waals surface area (Å²) in [4.78, 5) is 17.8. The van der Waals surface area contributed by atoms with Crippen LogP contribution in [0.3, 0.4) is 0 Å². The molecule has 5 nitrogen and oxygen atoms in total. The smallest absolute Gasteiger partial charge is 0.356 e. The molecule has 23 heavy (non-hydrogen) atoms. The molecule has 1 aromatic heterocycles. The van der Waals surface area contributed by atoms with Crippen LogP contribution in [0.4, 0.5) is 10.2 Å². The van der Waals surface area contributed by atoms with Crippen LogP contribution in [0.1, 0.15) is 22.5 Å². The highest BCUT2D eigenvalue weighted by atomic mass is 19.1. The lowest BCUT2D eigenvalue weighted by atomic mass is 9.93. The van der Waals surface area contributed by atoms with Gasteiger partial charge in [0.15, 0.2) is 5.69 Å². The van der Waals surface area contributed by atoms with Gasteiger partial charge in [-0.05, 0) is 36.2 Å². The van der Waals surface area contributed by atoms with Crippen LogP contribution in [0.15, 0.2) is 42.5 Å². The normalized spacial score (nSPS) is 20.6. The second kappa shape index (κ2) is 5.96. The van der Waals surface area contributed by atoms with E-state index in [1.165, 1.54) is 19.2 Å². The molecular formula is C17H17FN2O3. The van der Waals surface area contributed by atoms with Crippen LogP contribution in [-0.4, -0.2) is 36.3 Å². The first-order chi connectivity index (χ1) is 11.0. The number of aromatic nitrogens is 1. The number of methoxy groups -OCH3 is 1. The van der Waals surface area contributed by atoms with Crippen LogP contribution in [0.25, 0.3) is 0 Å². The monoisotopic (exact) mass is 316 g/mol. The van der Waals surface area contributed by atoms with Crippen molar-refractivity contribution in [2.45, 2.75) is 12.0 Å². The zero-order valence-electron chi connectivity index (χ0n) is 12.7. The number of aliphatic hydroxyl groups is 1. The van der Waals surface area contributed by atoms with Gasteiger partial charge in [0.25, 0.3) is 0 Å². The summed E-state index contributed by atoms with van der Waals surface area (Å²) in [5, 5.41) is 10.8. The summed E-state index contributed by atoms with van der Waals surface area (Å²) in [6.07, 6.45) is 0.503. The fourth-order valence-electron chi connectivity index (χ4n) is 2.80. The summed E-state index contributed by atoms with van der Waals surface area (Å²) in [5.41, 5.74) is -0.163. The van der Waals surface area contributed by atoms with Gasteiger partial charge in [-0.2, -0.15) is 0 Å². The first kappa shape index (κ1) is 15.4. The van der Waals surface area contributed by atoms with Crippen molar-refractivity contribution in [1.29, 1.82) is 0 Å². The van der Waals surface area contributed by atoms with Crippen molar-refractivity contribution in [3.63, 3.8) is 0 Å². The molecule has 0 radical (unpaired) electrons. The minimum Gasteiger partial charge on any atom is -0.464 e. The van der Waals surface area contributed by atoms with E-state index in [2.05, 4.69) is 9.72 Å². The molecule has 0 saturated carbocycles. The number of nitrogens with zero attached hydrogens (tertiary/aromatic N) is 2. The van der Waals surface area contributed by atoms with Gasteiger partial charge < -0.3 is 14.7 Å². The Bertz CT molecular complexity index is 720. The van der Waals surface area contributed by atoms with Crippen molar-refractivity contribution in [2.24, 2.45) is 0 Å². The molecule has 1 aliphatic heterocycles. The Balaban J connectivity index is 1.82. The molecule has 1 aliphatic rings. The van der Waals surface area contributed by atoms with Gasteiger partial charge in [-0.1, -0.05) is 18.2 Å². The van der Waals surface area contributed by atoms with Crippen molar-refractivity contribution in [3.05, 3.63) is 59.5 Å².